The molecule has 1 amide bonds. The number of unbranched alkanes of at least 4 members (excludes halogenated alkanes) is 1. The number of hydrogen-bond acceptors (Lipinski definition) is 6. The lowest BCUT2D eigenvalue weighted by Gasteiger charge is -2.12. The molecule has 25 heavy (non-hydrogen) atoms. The Balaban J connectivity index is 1.92. The summed E-state index contributed by atoms with van der Waals surface area (Å²) in [6.07, 6.45) is 2.86. The first-order chi connectivity index (χ1) is 12.0. The van der Waals surface area contributed by atoms with E-state index in [1.165, 1.54) is 16.4 Å². The fourth-order valence-electron chi connectivity index (χ4n) is 2.15. The number of nitrogens with one attached hydrogen (secondary N) is 1. The number of amides is 1. The smallest absolute Gasteiger partial charge is 0.237 e. The van der Waals surface area contributed by atoms with Gasteiger partial charge in [0.1, 0.15) is 5.75 Å². The van der Waals surface area contributed by atoms with E-state index in [4.69, 9.17) is 10.6 Å². The third kappa shape index (κ3) is 5.38. The molecule has 3 N–H and O–H groups in total. The molecular formula is C17H25N5O2S. The van der Waals surface area contributed by atoms with Crippen molar-refractivity contribution in [1.29, 1.82) is 0 Å². The van der Waals surface area contributed by atoms with Gasteiger partial charge in [-0.2, -0.15) is 0 Å². The van der Waals surface area contributed by atoms with Gasteiger partial charge >= 0.3 is 0 Å². The van der Waals surface area contributed by atoms with Crippen LogP contribution in [0.1, 0.15) is 39.4 Å². The van der Waals surface area contributed by atoms with Gasteiger partial charge in [-0.15, -0.1) is 10.2 Å². The van der Waals surface area contributed by atoms with Crippen LogP contribution in [0.25, 0.3) is 0 Å². The van der Waals surface area contributed by atoms with Crippen LogP contribution < -0.4 is 15.9 Å². The zero-order chi connectivity index (χ0) is 18.2. The Morgan fingerprint density at radius 3 is 2.68 bits per heavy atom. The van der Waals surface area contributed by atoms with E-state index in [0.717, 1.165) is 36.5 Å². The Labute approximate surface area is 152 Å². The van der Waals surface area contributed by atoms with Crippen LogP contribution >= 0.6 is 11.8 Å². The molecule has 0 bridgehead atoms. The number of nitrogens with two attached hydrogens (primary N) is 1. The number of hydrogen-bond donors (Lipinski definition) is 2. The molecule has 0 fully saturated rings. The summed E-state index contributed by atoms with van der Waals surface area (Å²) in [7, 11) is 0. The maximum absolute atomic E-state index is 12.4. The number of thioether (sulfide) groups is 1. The average Bonchev–Trinajstić information content (AvgIpc) is 2.95. The highest BCUT2D eigenvalue weighted by atomic mass is 32.2. The Bertz CT molecular complexity index is 687. The van der Waals surface area contributed by atoms with Crippen molar-refractivity contribution in [2.45, 2.75) is 50.4 Å². The summed E-state index contributed by atoms with van der Waals surface area (Å²) in [5.74, 6) is 7.41. The molecule has 0 saturated carbocycles. The molecular weight excluding hydrogens is 338 g/mol. The molecule has 0 unspecified atom stereocenters. The van der Waals surface area contributed by atoms with Crippen LogP contribution in [-0.4, -0.2) is 32.6 Å². The molecule has 2 aromatic rings. The summed E-state index contributed by atoms with van der Waals surface area (Å²) in [5.41, 5.74) is 0.721. The van der Waals surface area contributed by atoms with E-state index in [1.807, 2.05) is 38.1 Å². The summed E-state index contributed by atoms with van der Waals surface area (Å²) in [5, 5.41) is 11.3. The molecule has 1 heterocycles. The lowest BCUT2D eigenvalue weighted by molar-refractivity contribution is -0.115. The first-order valence-electron chi connectivity index (χ1n) is 8.44. The lowest BCUT2D eigenvalue weighted by atomic mass is 10.2. The number of ether oxygens (including phenoxy) is 1. The number of aromatic nitrogens is 3. The van der Waals surface area contributed by atoms with E-state index in [-0.39, 0.29) is 11.2 Å². The molecule has 0 spiro atoms. The fraction of sp³-hybridized carbons (Fsp3) is 0.471. The molecule has 1 aromatic carbocycles. The van der Waals surface area contributed by atoms with E-state index >= 15 is 0 Å². The van der Waals surface area contributed by atoms with Crippen LogP contribution in [0, 0.1) is 0 Å². The van der Waals surface area contributed by atoms with Gasteiger partial charge in [0.15, 0.2) is 5.82 Å². The standard InChI is InChI=1S/C17H25N5O2S/c1-4-6-7-15-20-21-17(22(15)18)25-12(3)16(23)19-13-8-10-14(11-9-13)24-5-2/h8-12H,4-7,18H2,1-3H3,(H,19,23)/t12-/m1/s1. The van der Waals surface area contributed by atoms with E-state index < -0.39 is 0 Å². The summed E-state index contributed by atoms with van der Waals surface area (Å²) in [6, 6.07) is 7.28. The third-order valence-electron chi connectivity index (χ3n) is 3.57. The molecule has 2 rings (SSSR count). The second-order valence-corrected chi connectivity index (χ2v) is 6.89. The molecule has 0 aliphatic carbocycles. The maximum Gasteiger partial charge on any atom is 0.237 e. The molecule has 0 aliphatic heterocycles. The van der Waals surface area contributed by atoms with Crippen molar-refractivity contribution in [3.63, 3.8) is 0 Å². The van der Waals surface area contributed by atoms with Gasteiger partial charge in [0.05, 0.1) is 11.9 Å². The number of carbonyl (C=O) groups excluding carboxylic acids is 1. The van der Waals surface area contributed by atoms with Crippen molar-refractivity contribution in [2.24, 2.45) is 0 Å². The minimum absolute atomic E-state index is 0.118. The molecule has 1 atom stereocenters. The van der Waals surface area contributed by atoms with Crippen LogP contribution in [0.5, 0.6) is 5.75 Å². The van der Waals surface area contributed by atoms with Crippen LogP contribution in [0.4, 0.5) is 5.69 Å². The molecule has 0 saturated heterocycles. The van der Waals surface area contributed by atoms with Gasteiger partial charge in [-0.05, 0) is 44.5 Å². The zero-order valence-electron chi connectivity index (χ0n) is 14.9. The number of anilines is 1. The highest BCUT2D eigenvalue weighted by Gasteiger charge is 2.19. The summed E-state index contributed by atoms with van der Waals surface area (Å²) in [6.45, 7) is 6.47. The van der Waals surface area contributed by atoms with Crippen molar-refractivity contribution in [3.8, 4) is 5.75 Å². The summed E-state index contributed by atoms with van der Waals surface area (Å²) >= 11 is 1.29. The predicted molar refractivity (Wildman–Crippen MR) is 100 cm³/mol. The van der Waals surface area contributed by atoms with Gasteiger partial charge in [-0.1, -0.05) is 25.1 Å². The number of nitrogens with zero attached hydrogens (tertiary/aromatic N) is 3. The van der Waals surface area contributed by atoms with Gasteiger partial charge < -0.3 is 15.9 Å². The highest BCUT2D eigenvalue weighted by Crippen LogP contribution is 2.23. The zero-order valence-corrected chi connectivity index (χ0v) is 15.7. The summed E-state index contributed by atoms with van der Waals surface area (Å²) in [4.78, 5) is 12.4. The minimum atomic E-state index is -0.350. The van der Waals surface area contributed by atoms with Gasteiger partial charge in [0, 0.05) is 12.1 Å². The van der Waals surface area contributed by atoms with Crippen molar-refractivity contribution in [3.05, 3.63) is 30.1 Å². The maximum atomic E-state index is 12.4. The topological polar surface area (TPSA) is 95.1 Å². The van der Waals surface area contributed by atoms with E-state index in [0.29, 0.717) is 11.8 Å². The summed E-state index contributed by atoms with van der Waals surface area (Å²) < 4.78 is 6.86. The van der Waals surface area contributed by atoms with E-state index in [1.54, 1.807) is 0 Å². The van der Waals surface area contributed by atoms with E-state index in [9.17, 15) is 4.79 Å². The third-order valence-corrected chi connectivity index (χ3v) is 4.63. The van der Waals surface area contributed by atoms with Gasteiger partial charge in [-0.3, -0.25) is 4.79 Å². The number of nitrogen functional groups attached to an aromatic ring is 1. The monoisotopic (exact) mass is 363 g/mol. The molecule has 8 heteroatoms. The Kier molecular flexibility index (Phi) is 7.12. The second kappa shape index (κ2) is 9.31. The number of carbonyl (C=O) groups is 1. The second-order valence-electron chi connectivity index (χ2n) is 5.58. The first-order valence-corrected chi connectivity index (χ1v) is 9.32. The van der Waals surface area contributed by atoms with Gasteiger partial charge in [0.2, 0.25) is 11.1 Å². The Morgan fingerprint density at radius 1 is 1.32 bits per heavy atom. The fourth-order valence-corrected chi connectivity index (χ4v) is 2.94. The van der Waals surface area contributed by atoms with Crippen LogP contribution in [-0.2, 0) is 11.2 Å². The molecule has 0 aliphatic rings. The van der Waals surface area contributed by atoms with Crippen molar-refractivity contribution >= 4 is 23.4 Å². The Hall–Kier alpha value is -2.22. The molecule has 136 valence electrons. The van der Waals surface area contributed by atoms with Crippen molar-refractivity contribution in [1.82, 2.24) is 14.9 Å². The van der Waals surface area contributed by atoms with Gasteiger partial charge in [0.25, 0.3) is 0 Å². The predicted octanol–water partition coefficient (Wildman–Crippen LogP) is 2.85. The van der Waals surface area contributed by atoms with Crippen molar-refractivity contribution < 1.29 is 9.53 Å². The van der Waals surface area contributed by atoms with E-state index in [2.05, 4.69) is 22.4 Å². The number of rotatable bonds is 9. The molecule has 1 aromatic heterocycles. The molecule has 7 nitrogen and oxygen atoms in total. The van der Waals surface area contributed by atoms with Crippen LogP contribution in [0.15, 0.2) is 29.4 Å². The largest absolute Gasteiger partial charge is 0.494 e. The quantitative estimate of drug-likeness (QED) is 0.525. The first kappa shape index (κ1) is 19.1. The van der Waals surface area contributed by atoms with Crippen LogP contribution in [0.2, 0.25) is 0 Å². The SMILES string of the molecule is CCCCc1nnc(S[C@H](C)C(=O)Nc2ccc(OCC)cc2)n1N. The van der Waals surface area contributed by atoms with Crippen molar-refractivity contribution in [2.75, 3.05) is 17.8 Å². The van der Waals surface area contributed by atoms with Gasteiger partial charge in [-0.25, -0.2) is 4.68 Å². The number of aryl methyl sites for hydroxylation is 1. The Morgan fingerprint density at radius 2 is 2.04 bits per heavy atom. The molecule has 0 radical (unpaired) electrons. The average molecular weight is 363 g/mol. The highest BCUT2D eigenvalue weighted by molar-refractivity contribution is 8.00. The minimum Gasteiger partial charge on any atom is -0.494 e. The number of benzene rings is 1. The lowest BCUT2D eigenvalue weighted by Crippen LogP contribution is -2.23. The normalized spacial score (nSPS) is 12.0. The van der Waals surface area contributed by atoms with Crippen LogP contribution in [0.3, 0.4) is 0 Å².